The van der Waals surface area contributed by atoms with Gasteiger partial charge in [0.05, 0.1) is 6.07 Å². The summed E-state index contributed by atoms with van der Waals surface area (Å²) in [7, 11) is 0. The first kappa shape index (κ1) is 14.6. The Bertz CT molecular complexity index is 368. The van der Waals surface area contributed by atoms with Crippen LogP contribution in [0.25, 0.3) is 0 Å². The molecule has 0 saturated heterocycles. The van der Waals surface area contributed by atoms with Crippen LogP contribution in [0, 0.1) is 16.7 Å². The molecule has 0 aromatic heterocycles. The van der Waals surface area contributed by atoms with Gasteiger partial charge < -0.3 is 10.0 Å². The highest BCUT2D eigenvalue weighted by Crippen LogP contribution is 2.41. The quantitative estimate of drug-likeness (QED) is 0.781. The minimum Gasteiger partial charge on any atom is -0.465 e. The van der Waals surface area contributed by atoms with Gasteiger partial charge in [-0.05, 0) is 33.6 Å². The summed E-state index contributed by atoms with van der Waals surface area (Å²) in [5.74, 6) is 0. The Balaban J connectivity index is 2.92. The largest absolute Gasteiger partial charge is 0.465 e. The molecule has 1 amide bonds. The molecule has 4 heteroatoms. The van der Waals surface area contributed by atoms with E-state index in [1.54, 1.807) is 0 Å². The molecule has 1 aliphatic carbocycles. The summed E-state index contributed by atoms with van der Waals surface area (Å²) in [6.45, 7) is 6.18. The van der Waals surface area contributed by atoms with E-state index in [0.29, 0.717) is 6.54 Å². The van der Waals surface area contributed by atoms with Gasteiger partial charge in [-0.15, -0.1) is 0 Å². The fourth-order valence-electron chi connectivity index (χ4n) is 2.58. The lowest BCUT2D eigenvalue weighted by atomic mass is 9.84. The van der Waals surface area contributed by atoms with Crippen LogP contribution in [-0.2, 0) is 0 Å². The summed E-state index contributed by atoms with van der Waals surface area (Å²) in [6.07, 6.45) is 6.64. The monoisotopic (exact) mass is 250 g/mol. The highest BCUT2D eigenvalue weighted by atomic mass is 16.4. The van der Waals surface area contributed by atoms with Crippen molar-refractivity contribution in [1.29, 1.82) is 5.26 Å². The van der Waals surface area contributed by atoms with Crippen molar-refractivity contribution in [1.82, 2.24) is 4.90 Å². The third-order valence-electron chi connectivity index (χ3n) is 3.62. The lowest BCUT2D eigenvalue weighted by molar-refractivity contribution is 0.0766. The summed E-state index contributed by atoms with van der Waals surface area (Å²) in [5, 5.41) is 18.0. The molecule has 0 spiro atoms. The summed E-state index contributed by atoms with van der Waals surface area (Å²) < 4.78 is 0. The first-order valence-electron chi connectivity index (χ1n) is 6.39. The van der Waals surface area contributed by atoms with Gasteiger partial charge in [-0.2, -0.15) is 5.26 Å². The summed E-state index contributed by atoms with van der Waals surface area (Å²) in [4.78, 5) is 12.9. The minimum absolute atomic E-state index is 0.151. The molecule has 4 nitrogen and oxygen atoms in total. The van der Waals surface area contributed by atoms with Crippen molar-refractivity contribution >= 4 is 6.09 Å². The lowest BCUT2D eigenvalue weighted by Crippen LogP contribution is -2.49. The van der Waals surface area contributed by atoms with Crippen LogP contribution in [-0.4, -0.2) is 28.2 Å². The van der Waals surface area contributed by atoms with E-state index in [4.69, 9.17) is 5.26 Å². The number of carbonyl (C=O) groups is 1. The number of hydrogen-bond donors (Lipinski definition) is 1. The van der Waals surface area contributed by atoms with Crippen molar-refractivity contribution < 1.29 is 9.90 Å². The molecule has 1 saturated carbocycles. The summed E-state index contributed by atoms with van der Waals surface area (Å²) in [5.41, 5.74) is -0.566. The van der Waals surface area contributed by atoms with E-state index in [1.165, 1.54) is 11.0 Å². The Morgan fingerprint density at radius 3 is 2.39 bits per heavy atom. The molecule has 18 heavy (non-hydrogen) atoms. The van der Waals surface area contributed by atoms with Gasteiger partial charge in [0.15, 0.2) is 0 Å². The third kappa shape index (κ3) is 3.49. The Morgan fingerprint density at radius 1 is 1.44 bits per heavy atom. The highest BCUT2D eigenvalue weighted by molar-refractivity contribution is 5.66. The van der Waals surface area contributed by atoms with Crippen LogP contribution in [0.4, 0.5) is 4.79 Å². The van der Waals surface area contributed by atoms with Crippen molar-refractivity contribution in [3.8, 4) is 6.07 Å². The normalized spacial score (nSPS) is 18.8. The number of allylic oxidation sites excluding steroid dienone is 1. The molecule has 0 heterocycles. The van der Waals surface area contributed by atoms with Crippen LogP contribution >= 0.6 is 0 Å². The topological polar surface area (TPSA) is 64.3 Å². The van der Waals surface area contributed by atoms with Crippen LogP contribution in [0.2, 0.25) is 0 Å². The Hall–Kier alpha value is -1.50. The molecule has 0 bridgehead atoms. The van der Waals surface area contributed by atoms with Gasteiger partial charge in [-0.25, -0.2) is 4.79 Å². The van der Waals surface area contributed by atoms with E-state index < -0.39 is 11.6 Å². The van der Waals surface area contributed by atoms with E-state index in [2.05, 4.69) is 0 Å². The van der Waals surface area contributed by atoms with E-state index in [0.717, 1.165) is 25.7 Å². The lowest BCUT2D eigenvalue weighted by Gasteiger charge is -2.39. The zero-order valence-electron chi connectivity index (χ0n) is 11.4. The van der Waals surface area contributed by atoms with Crippen molar-refractivity contribution in [2.45, 2.75) is 52.0 Å². The van der Waals surface area contributed by atoms with Gasteiger partial charge in [0.1, 0.15) is 0 Å². The maximum atomic E-state index is 11.4. The highest BCUT2D eigenvalue weighted by Gasteiger charge is 2.38. The molecular formula is C14H22N2O2. The molecule has 1 N–H and O–H groups in total. The molecule has 1 rings (SSSR count). The fourth-order valence-corrected chi connectivity index (χ4v) is 2.58. The van der Waals surface area contributed by atoms with E-state index in [9.17, 15) is 9.90 Å². The second-order valence-corrected chi connectivity index (χ2v) is 6.07. The van der Waals surface area contributed by atoms with Crippen molar-refractivity contribution in [2.24, 2.45) is 5.41 Å². The van der Waals surface area contributed by atoms with Crippen molar-refractivity contribution in [3.05, 3.63) is 12.2 Å². The van der Waals surface area contributed by atoms with Crippen LogP contribution in [0.5, 0.6) is 0 Å². The Labute approximate surface area is 109 Å². The zero-order valence-corrected chi connectivity index (χ0v) is 11.4. The standard InChI is InChI=1S/C14H22N2O2/c1-13(2,3)16(12(17)18)11-14(9-6-10-15)7-4-5-8-14/h6,9H,4-5,7-8,11H2,1-3H3,(H,17,18)/b9-6-. The number of nitriles is 1. The number of rotatable bonds is 3. The molecule has 1 aliphatic rings. The Kier molecular flexibility index (Phi) is 4.39. The fraction of sp³-hybridized carbons (Fsp3) is 0.714. The second kappa shape index (κ2) is 5.43. The average Bonchev–Trinajstić information content (AvgIpc) is 2.70. The SMILES string of the molecule is CC(C)(C)N(CC1(/C=C\C#N)CCCC1)C(=O)O. The minimum atomic E-state index is -0.890. The van der Waals surface area contributed by atoms with Gasteiger partial charge >= 0.3 is 6.09 Å². The number of nitrogens with zero attached hydrogens (tertiary/aromatic N) is 2. The first-order valence-corrected chi connectivity index (χ1v) is 6.39. The van der Waals surface area contributed by atoms with Crippen LogP contribution in [0.1, 0.15) is 46.5 Å². The van der Waals surface area contributed by atoms with Gasteiger partial charge in [0.25, 0.3) is 0 Å². The van der Waals surface area contributed by atoms with Gasteiger partial charge in [-0.1, -0.05) is 18.9 Å². The first-order chi connectivity index (χ1) is 8.31. The van der Waals surface area contributed by atoms with E-state index >= 15 is 0 Å². The number of amides is 1. The molecule has 0 atom stereocenters. The maximum Gasteiger partial charge on any atom is 0.407 e. The van der Waals surface area contributed by atoms with Crippen molar-refractivity contribution in [3.63, 3.8) is 0 Å². The Morgan fingerprint density at radius 2 is 2.00 bits per heavy atom. The maximum absolute atomic E-state index is 11.4. The molecule has 100 valence electrons. The van der Waals surface area contributed by atoms with Gasteiger partial charge in [0, 0.05) is 23.6 Å². The number of carboxylic acid groups (broad SMARTS) is 1. The second-order valence-electron chi connectivity index (χ2n) is 6.07. The van der Waals surface area contributed by atoms with Crippen molar-refractivity contribution in [2.75, 3.05) is 6.54 Å². The van der Waals surface area contributed by atoms with E-state index in [1.807, 2.05) is 32.9 Å². The molecular weight excluding hydrogens is 228 g/mol. The average molecular weight is 250 g/mol. The smallest absolute Gasteiger partial charge is 0.407 e. The van der Waals surface area contributed by atoms with Crippen LogP contribution < -0.4 is 0 Å². The van der Waals surface area contributed by atoms with Gasteiger partial charge in [-0.3, -0.25) is 0 Å². The zero-order chi connectivity index (χ0) is 13.8. The molecule has 0 radical (unpaired) electrons. The third-order valence-corrected chi connectivity index (χ3v) is 3.62. The van der Waals surface area contributed by atoms with E-state index in [-0.39, 0.29) is 5.41 Å². The van der Waals surface area contributed by atoms with Crippen LogP contribution in [0.15, 0.2) is 12.2 Å². The predicted molar refractivity (Wildman–Crippen MR) is 70.1 cm³/mol. The molecule has 0 unspecified atom stereocenters. The predicted octanol–water partition coefficient (Wildman–Crippen LogP) is 3.41. The summed E-state index contributed by atoms with van der Waals surface area (Å²) in [6, 6.07) is 2.01. The molecule has 0 aromatic rings. The molecule has 0 aromatic carbocycles. The molecule has 1 fully saturated rings. The molecule has 0 aliphatic heterocycles. The summed E-state index contributed by atoms with van der Waals surface area (Å²) >= 11 is 0. The van der Waals surface area contributed by atoms with Crippen LogP contribution in [0.3, 0.4) is 0 Å². The van der Waals surface area contributed by atoms with Gasteiger partial charge in [0.2, 0.25) is 0 Å². The number of hydrogen-bond acceptors (Lipinski definition) is 2.